The molecule has 6 nitrogen and oxygen atoms in total. The Labute approximate surface area is 134 Å². The Kier molecular flexibility index (Phi) is 4.54. The molecule has 0 aliphatic carbocycles. The zero-order chi connectivity index (χ0) is 16.1. The number of hydrogen-bond acceptors (Lipinski definition) is 3. The molecule has 3 rings (SSSR count). The fourth-order valence-electron chi connectivity index (χ4n) is 2.22. The molecule has 2 N–H and O–H groups in total. The van der Waals surface area contributed by atoms with Crippen molar-refractivity contribution in [2.45, 2.75) is 13.5 Å². The molecule has 0 radical (unpaired) electrons. The number of carbonyl (C=O) groups is 1. The Morgan fingerprint density at radius 3 is 2.78 bits per heavy atom. The maximum absolute atomic E-state index is 12.1. The molecule has 0 fully saturated rings. The standard InChI is InChI=1S/C17H18N4O2/c1-2-23-12-13-6-8-14(9-7-13)19-17(22)20-15-11-18-21-10-4-3-5-16(15)21/h3-11H,2,12H2,1H3,(H2,19,20,22). The van der Waals surface area contributed by atoms with Gasteiger partial charge in [-0.05, 0) is 36.8 Å². The molecule has 0 saturated carbocycles. The van der Waals surface area contributed by atoms with Crippen LogP contribution in [0.2, 0.25) is 0 Å². The van der Waals surface area contributed by atoms with E-state index < -0.39 is 0 Å². The lowest BCUT2D eigenvalue weighted by atomic mass is 10.2. The van der Waals surface area contributed by atoms with Gasteiger partial charge in [-0.3, -0.25) is 0 Å². The molecule has 0 atom stereocenters. The number of hydrogen-bond donors (Lipinski definition) is 2. The number of nitrogens with one attached hydrogen (secondary N) is 2. The topological polar surface area (TPSA) is 67.7 Å². The van der Waals surface area contributed by atoms with Crippen LogP contribution in [0.4, 0.5) is 16.2 Å². The first-order valence-electron chi connectivity index (χ1n) is 7.43. The monoisotopic (exact) mass is 310 g/mol. The Balaban J connectivity index is 1.63. The maximum Gasteiger partial charge on any atom is 0.323 e. The van der Waals surface area contributed by atoms with Crippen molar-refractivity contribution in [3.8, 4) is 0 Å². The Hall–Kier alpha value is -2.86. The average Bonchev–Trinajstić information content (AvgIpc) is 2.97. The third-order valence-electron chi connectivity index (χ3n) is 3.36. The Morgan fingerprint density at radius 1 is 1.17 bits per heavy atom. The van der Waals surface area contributed by atoms with E-state index in [2.05, 4.69) is 15.7 Å². The Bertz CT molecular complexity index is 796. The molecule has 6 heteroatoms. The molecule has 0 unspecified atom stereocenters. The molecular weight excluding hydrogens is 292 g/mol. The van der Waals surface area contributed by atoms with Crippen molar-refractivity contribution in [3.63, 3.8) is 0 Å². The van der Waals surface area contributed by atoms with E-state index in [4.69, 9.17) is 4.74 Å². The highest BCUT2D eigenvalue weighted by Crippen LogP contribution is 2.16. The summed E-state index contributed by atoms with van der Waals surface area (Å²) < 4.78 is 7.05. The van der Waals surface area contributed by atoms with E-state index in [1.165, 1.54) is 0 Å². The normalized spacial score (nSPS) is 10.7. The van der Waals surface area contributed by atoms with Gasteiger partial charge in [0, 0.05) is 18.5 Å². The van der Waals surface area contributed by atoms with Gasteiger partial charge in [-0.1, -0.05) is 18.2 Å². The number of amides is 2. The lowest BCUT2D eigenvalue weighted by Gasteiger charge is -2.08. The predicted molar refractivity (Wildman–Crippen MR) is 89.6 cm³/mol. The SMILES string of the molecule is CCOCc1ccc(NC(=O)Nc2cnn3ccccc23)cc1. The highest BCUT2D eigenvalue weighted by molar-refractivity contribution is 6.02. The number of ether oxygens (including phenoxy) is 1. The number of carbonyl (C=O) groups excluding carboxylic acids is 1. The number of aromatic nitrogens is 2. The Morgan fingerprint density at radius 2 is 2.00 bits per heavy atom. The van der Waals surface area contributed by atoms with Crippen molar-refractivity contribution in [2.75, 3.05) is 17.2 Å². The van der Waals surface area contributed by atoms with Crippen LogP contribution in [0.3, 0.4) is 0 Å². The van der Waals surface area contributed by atoms with Crippen LogP contribution < -0.4 is 10.6 Å². The van der Waals surface area contributed by atoms with E-state index in [-0.39, 0.29) is 6.03 Å². The van der Waals surface area contributed by atoms with E-state index in [9.17, 15) is 4.79 Å². The number of fused-ring (bicyclic) bond motifs is 1. The van der Waals surface area contributed by atoms with Crippen LogP contribution >= 0.6 is 0 Å². The quantitative estimate of drug-likeness (QED) is 0.757. The smallest absolute Gasteiger partial charge is 0.323 e. The van der Waals surface area contributed by atoms with E-state index in [1.807, 2.05) is 55.6 Å². The van der Waals surface area contributed by atoms with Gasteiger partial charge in [0.15, 0.2) is 0 Å². The summed E-state index contributed by atoms with van der Waals surface area (Å²) in [5.41, 5.74) is 3.30. The van der Waals surface area contributed by atoms with Gasteiger partial charge in [0.25, 0.3) is 0 Å². The van der Waals surface area contributed by atoms with Gasteiger partial charge < -0.3 is 15.4 Å². The van der Waals surface area contributed by atoms with E-state index >= 15 is 0 Å². The second kappa shape index (κ2) is 6.93. The first-order valence-corrected chi connectivity index (χ1v) is 7.43. The molecule has 23 heavy (non-hydrogen) atoms. The molecule has 0 bridgehead atoms. The summed E-state index contributed by atoms with van der Waals surface area (Å²) in [5.74, 6) is 0. The zero-order valence-corrected chi connectivity index (χ0v) is 12.8. The minimum atomic E-state index is -0.304. The minimum Gasteiger partial charge on any atom is -0.377 e. The first-order chi connectivity index (χ1) is 11.3. The van der Waals surface area contributed by atoms with E-state index in [1.54, 1.807) is 10.7 Å². The number of nitrogens with zero attached hydrogens (tertiary/aromatic N) is 2. The van der Waals surface area contributed by atoms with Crippen LogP contribution in [0.15, 0.2) is 54.9 Å². The van der Waals surface area contributed by atoms with E-state index in [0.29, 0.717) is 18.9 Å². The minimum absolute atomic E-state index is 0.304. The molecule has 0 saturated heterocycles. The number of benzene rings is 1. The summed E-state index contributed by atoms with van der Waals surface area (Å²) in [6.45, 7) is 3.22. The summed E-state index contributed by atoms with van der Waals surface area (Å²) in [7, 11) is 0. The summed E-state index contributed by atoms with van der Waals surface area (Å²) in [4.78, 5) is 12.1. The van der Waals surface area contributed by atoms with E-state index in [0.717, 1.165) is 16.8 Å². The van der Waals surface area contributed by atoms with Gasteiger partial charge >= 0.3 is 6.03 Å². The van der Waals surface area contributed by atoms with Crippen LogP contribution in [-0.2, 0) is 11.3 Å². The largest absolute Gasteiger partial charge is 0.377 e. The molecule has 118 valence electrons. The summed E-state index contributed by atoms with van der Waals surface area (Å²) >= 11 is 0. The fraction of sp³-hybridized carbons (Fsp3) is 0.176. The summed E-state index contributed by atoms with van der Waals surface area (Å²) in [6, 6.07) is 12.9. The molecule has 2 aromatic heterocycles. The first kappa shape index (κ1) is 15.1. The van der Waals surface area contributed by atoms with Gasteiger partial charge in [-0.2, -0.15) is 5.10 Å². The van der Waals surface area contributed by atoms with Gasteiger partial charge in [0.1, 0.15) is 0 Å². The van der Waals surface area contributed by atoms with Crippen molar-refractivity contribution >= 4 is 22.9 Å². The average molecular weight is 310 g/mol. The fourth-order valence-corrected chi connectivity index (χ4v) is 2.22. The van der Waals surface area contributed by atoms with Gasteiger partial charge in [-0.15, -0.1) is 0 Å². The maximum atomic E-state index is 12.1. The number of rotatable bonds is 5. The molecule has 1 aromatic carbocycles. The van der Waals surface area contributed by atoms with Crippen LogP contribution in [0.25, 0.3) is 5.52 Å². The molecule has 0 spiro atoms. The molecule has 0 aliphatic rings. The third kappa shape index (κ3) is 3.67. The number of urea groups is 1. The molecule has 2 heterocycles. The van der Waals surface area contributed by atoms with Gasteiger partial charge in [0.05, 0.1) is 24.0 Å². The highest BCUT2D eigenvalue weighted by atomic mass is 16.5. The molecule has 0 aliphatic heterocycles. The lowest BCUT2D eigenvalue weighted by molar-refractivity contribution is 0.134. The third-order valence-corrected chi connectivity index (χ3v) is 3.36. The zero-order valence-electron chi connectivity index (χ0n) is 12.8. The van der Waals surface area contributed by atoms with Crippen molar-refractivity contribution in [3.05, 3.63) is 60.4 Å². The van der Waals surface area contributed by atoms with Gasteiger partial charge in [0.2, 0.25) is 0 Å². The number of anilines is 2. The van der Waals surface area contributed by atoms with Crippen molar-refractivity contribution in [1.29, 1.82) is 0 Å². The van der Waals surface area contributed by atoms with Crippen LogP contribution in [0.1, 0.15) is 12.5 Å². The second-order valence-corrected chi connectivity index (χ2v) is 5.00. The number of pyridine rings is 1. The molecular formula is C17H18N4O2. The van der Waals surface area contributed by atoms with Crippen molar-refractivity contribution in [2.24, 2.45) is 0 Å². The van der Waals surface area contributed by atoms with Crippen LogP contribution in [0, 0.1) is 0 Å². The van der Waals surface area contributed by atoms with Crippen LogP contribution in [-0.4, -0.2) is 22.3 Å². The lowest BCUT2D eigenvalue weighted by Crippen LogP contribution is -2.19. The van der Waals surface area contributed by atoms with Crippen LogP contribution in [0.5, 0.6) is 0 Å². The summed E-state index contributed by atoms with van der Waals surface area (Å²) in [6.07, 6.45) is 3.45. The van der Waals surface area contributed by atoms with Gasteiger partial charge in [-0.25, -0.2) is 9.31 Å². The molecule has 2 amide bonds. The second-order valence-electron chi connectivity index (χ2n) is 5.00. The highest BCUT2D eigenvalue weighted by Gasteiger charge is 2.07. The predicted octanol–water partition coefficient (Wildman–Crippen LogP) is 3.51. The summed E-state index contributed by atoms with van der Waals surface area (Å²) in [5, 5.41) is 9.78. The van der Waals surface area contributed by atoms with Crippen molar-refractivity contribution in [1.82, 2.24) is 9.61 Å². The van der Waals surface area contributed by atoms with Crippen molar-refractivity contribution < 1.29 is 9.53 Å². The molecule has 3 aromatic rings.